The van der Waals surface area contributed by atoms with Crippen LogP contribution in [-0.2, 0) is 37.4 Å². The molecule has 1 heterocycles. The molecule has 10 heteroatoms. The maximum absolute atomic E-state index is 13.5. The molecule has 0 aliphatic heterocycles. The minimum Gasteiger partial charge on any atom is -0.468 e. The number of aryl methyl sites for hydroxylation is 1. The monoisotopic (exact) mass is 498 g/mol. The van der Waals surface area contributed by atoms with Crippen LogP contribution in [0.25, 0.3) is 0 Å². The molecule has 0 aliphatic carbocycles. The lowest BCUT2D eigenvalue weighted by atomic mass is 10.1. The highest BCUT2D eigenvalue weighted by molar-refractivity contribution is 7.89. The zero-order valence-electron chi connectivity index (χ0n) is 19.6. The predicted molar refractivity (Wildman–Crippen MR) is 128 cm³/mol. The summed E-state index contributed by atoms with van der Waals surface area (Å²) in [6, 6.07) is 17.7. The topological polar surface area (TPSA) is 112 Å². The van der Waals surface area contributed by atoms with Gasteiger partial charge in [-0.3, -0.25) is 9.59 Å². The smallest absolute Gasteiger partial charge is 0.339 e. The van der Waals surface area contributed by atoms with E-state index in [1.165, 1.54) is 35.9 Å². The van der Waals surface area contributed by atoms with Gasteiger partial charge < -0.3 is 14.0 Å². The molecule has 0 saturated carbocycles. The Labute approximate surface area is 203 Å². The number of nitrogens with zero attached hydrogens (tertiary/aromatic N) is 2. The van der Waals surface area contributed by atoms with E-state index in [1.807, 2.05) is 13.0 Å². The van der Waals surface area contributed by atoms with Gasteiger partial charge in [-0.05, 0) is 30.7 Å². The Bertz CT molecular complexity index is 1370. The SMILES string of the molecule is COC(=O)CN(Cc1c(C(=O)OC)ccc(=O)n1Cc1ccccc1)S(=O)(=O)c1ccc(C)cc1. The quantitative estimate of drug-likeness (QED) is 0.416. The van der Waals surface area contributed by atoms with Crippen molar-refractivity contribution in [1.82, 2.24) is 8.87 Å². The summed E-state index contributed by atoms with van der Waals surface area (Å²) in [6.07, 6.45) is 0. The van der Waals surface area contributed by atoms with Crippen molar-refractivity contribution in [3.63, 3.8) is 0 Å². The lowest BCUT2D eigenvalue weighted by molar-refractivity contribution is -0.140. The third kappa shape index (κ3) is 6.03. The van der Waals surface area contributed by atoms with Crippen LogP contribution in [0.2, 0.25) is 0 Å². The van der Waals surface area contributed by atoms with Gasteiger partial charge in [-0.1, -0.05) is 48.0 Å². The van der Waals surface area contributed by atoms with Crippen LogP contribution in [0.15, 0.2) is 76.4 Å². The van der Waals surface area contributed by atoms with Gasteiger partial charge in [0.1, 0.15) is 6.54 Å². The van der Waals surface area contributed by atoms with Crippen molar-refractivity contribution >= 4 is 22.0 Å². The largest absolute Gasteiger partial charge is 0.468 e. The first kappa shape index (κ1) is 25.9. The zero-order chi connectivity index (χ0) is 25.6. The molecule has 0 fully saturated rings. The van der Waals surface area contributed by atoms with Crippen LogP contribution >= 0.6 is 0 Å². The van der Waals surface area contributed by atoms with Crippen LogP contribution in [0.3, 0.4) is 0 Å². The summed E-state index contributed by atoms with van der Waals surface area (Å²) < 4.78 is 38.8. The van der Waals surface area contributed by atoms with E-state index < -0.39 is 40.6 Å². The molecule has 0 N–H and O–H groups in total. The van der Waals surface area contributed by atoms with Gasteiger partial charge in [-0.15, -0.1) is 0 Å². The van der Waals surface area contributed by atoms with Crippen LogP contribution in [-0.4, -0.2) is 50.0 Å². The molecule has 0 saturated heterocycles. The minimum atomic E-state index is -4.21. The molecule has 1 aromatic heterocycles. The summed E-state index contributed by atoms with van der Waals surface area (Å²) in [5.74, 6) is -1.54. The number of carbonyl (C=O) groups excluding carboxylic acids is 2. The Morgan fingerprint density at radius 3 is 2.17 bits per heavy atom. The zero-order valence-corrected chi connectivity index (χ0v) is 20.4. The summed E-state index contributed by atoms with van der Waals surface area (Å²) in [5, 5.41) is 0. The highest BCUT2D eigenvalue weighted by Crippen LogP contribution is 2.21. The number of sulfonamides is 1. The van der Waals surface area contributed by atoms with E-state index in [1.54, 1.807) is 36.4 Å². The summed E-state index contributed by atoms with van der Waals surface area (Å²) in [6.45, 7) is 0.828. The second-order valence-corrected chi connectivity index (χ2v) is 9.70. The highest BCUT2D eigenvalue weighted by Gasteiger charge is 2.30. The number of benzene rings is 2. The van der Waals surface area contributed by atoms with Crippen LogP contribution in [0.4, 0.5) is 0 Å². The summed E-state index contributed by atoms with van der Waals surface area (Å²) in [5.41, 5.74) is 1.28. The van der Waals surface area contributed by atoms with Crippen molar-refractivity contribution in [2.24, 2.45) is 0 Å². The maximum atomic E-state index is 13.5. The molecule has 35 heavy (non-hydrogen) atoms. The van der Waals surface area contributed by atoms with Crippen molar-refractivity contribution in [2.75, 3.05) is 20.8 Å². The van der Waals surface area contributed by atoms with Crippen LogP contribution in [0, 0.1) is 6.92 Å². The van der Waals surface area contributed by atoms with Gasteiger partial charge in [0.25, 0.3) is 5.56 Å². The van der Waals surface area contributed by atoms with E-state index in [-0.39, 0.29) is 22.7 Å². The molecule has 9 nitrogen and oxygen atoms in total. The Hall–Kier alpha value is -3.76. The van der Waals surface area contributed by atoms with Gasteiger partial charge in [0.15, 0.2) is 0 Å². The molecule has 0 spiro atoms. The molecule has 184 valence electrons. The number of methoxy groups -OCH3 is 2. The maximum Gasteiger partial charge on any atom is 0.339 e. The molecule has 3 aromatic rings. The Morgan fingerprint density at radius 1 is 0.914 bits per heavy atom. The first-order chi connectivity index (χ1) is 16.7. The average Bonchev–Trinajstić information content (AvgIpc) is 2.86. The number of ether oxygens (including phenoxy) is 2. The molecule has 2 aromatic carbocycles. The lowest BCUT2D eigenvalue weighted by Crippen LogP contribution is -2.38. The first-order valence-corrected chi connectivity index (χ1v) is 12.1. The van der Waals surface area contributed by atoms with Gasteiger partial charge in [-0.25, -0.2) is 13.2 Å². The number of pyridine rings is 1. The van der Waals surface area contributed by atoms with Gasteiger partial charge in [-0.2, -0.15) is 4.31 Å². The van der Waals surface area contributed by atoms with E-state index >= 15 is 0 Å². The second-order valence-electron chi connectivity index (χ2n) is 7.76. The fraction of sp³-hybridized carbons (Fsp3) is 0.240. The molecule has 0 aliphatic rings. The predicted octanol–water partition coefficient (Wildman–Crippen LogP) is 2.36. The molecule has 0 bridgehead atoms. The fourth-order valence-electron chi connectivity index (χ4n) is 3.49. The van der Waals surface area contributed by atoms with Crippen LogP contribution in [0.5, 0.6) is 0 Å². The van der Waals surface area contributed by atoms with Crippen molar-refractivity contribution in [3.8, 4) is 0 Å². The average molecular weight is 499 g/mol. The third-order valence-electron chi connectivity index (χ3n) is 5.40. The number of rotatable bonds is 9. The molecule has 0 radical (unpaired) electrons. The van der Waals surface area contributed by atoms with Crippen molar-refractivity contribution in [2.45, 2.75) is 24.9 Å². The number of carbonyl (C=O) groups is 2. The van der Waals surface area contributed by atoms with E-state index in [4.69, 9.17) is 9.47 Å². The van der Waals surface area contributed by atoms with E-state index in [0.717, 1.165) is 22.5 Å². The van der Waals surface area contributed by atoms with Crippen molar-refractivity contribution in [1.29, 1.82) is 0 Å². The molecular weight excluding hydrogens is 472 g/mol. The van der Waals surface area contributed by atoms with Crippen LogP contribution < -0.4 is 5.56 Å². The summed E-state index contributed by atoms with van der Waals surface area (Å²) >= 11 is 0. The van der Waals surface area contributed by atoms with Crippen molar-refractivity contribution in [3.05, 3.63) is 99.5 Å². The Morgan fingerprint density at radius 2 is 1.57 bits per heavy atom. The van der Waals surface area contributed by atoms with Crippen molar-refractivity contribution < 1.29 is 27.5 Å². The fourth-order valence-corrected chi connectivity index (χ4v) is 4.83. The van der Waals surface area contributed by atoms with E-state index in [2.05, 4.69) is 0 Å². The molecular formula is C25H26N2O7S. The molecule has 0 atom stereocenters. The molecule has 3 rings (SSSR count). The number of hydrogen-bond donors (Lipinski definition) is 0. The Kier molecular flexibility index (Phi) is 8.21. The normalized spacial score (nSPS) is 11.3. The van der Waals surface area contributed by atoms with Gasteiger partial charge in [0.05, 0.1) is 43.5 Å². The van der Waals surface area contributed by atoms with E-state index in [9.17, 15) is 22.8 Å². The van der Waals surface area contributed by atoms with Gasteiger partial charge >= 0.3 is 11.9 Å². The number of aromatic nitrogens is 1. The second kappa shape index (κ2) is 11.1. The summed E-state index contributed by atoms with van der Waals surface area (Å²) in [4.78, 5) is 37.6. The van der Waals surface area contributed by atoms with Gasteiger partial charge in [0.2, 0.25) is 10.0 Å². The standard InChI is InChI=1S/C25H26N2O7S/c1-18-9-11-20(12-10-18)35(31,32)26(17-24(29)33-2)16-22-21(25(30)34-3)13-14-23(28)27(22)15-19-7-5-4-6-8-19/h4-14H,15-17H2,1-3H3. The minimum absolute atomic E-state index is 0.0111. The third-order valence-corrected chi connectivity index (χ3v) is 7.21. The number of hydrogen-bond acceptors (Lipinski definition) is 7. The van der Waals surface area contributed by atoms with E-state index in [0.29, 0.717) is 0 Å². The first-order valence-electron chi connectivity index (χ1n) is 10.7. The van der Waals surface area contributed by atoms with Gasteiger partial charge in [0, 0.05) is 6.07 Å². The molecule has 0 amide bonds. The number of esters is 2. The highest BCUT2D eigenvalue weighted by atomic mass is 32.2. The summed E-state index contributed by atoms with van der Waals surface area (Å²) in [7, 11) is -1.87. The molecule has 0 unspecified atom stereocenters. The van der Waals surface area contributed by atoms with Crippen LogP contribution in [0.1, 0.15) is 27.2 Å². The Balaban J connectivity index is 2.17. The lowest BCUT2D eigenvalue weighted by Gasteiger charge is -2.24.